The zero-order valence-electron chi connectivity index (χ0n) is 25.8. The maximum absolute atomic E-state index is 16.2. The number of alkyl halides is 3. The average molecular weight is 654 g/mol. The third-order valence-corrected chi connectivity index (χ3v) is 9.60. The second-order valence-corrected chi connectivity index (χ2v) is 12.9. The van der Waals surface area contributed by atoms with Crippen molar-refractivity contribution in [2.75, 3.05) is 44.2 Å². The zero-order chi connectivity index (χ0) is 33.3. The van der Waals surface area contributed by atoms with Crippen LogP contribution in [0, 0.1) is 29.4 Å². The minimum atomic E-state index is -4.67. The topological polar surface area (TPSA) is 56.3 Å². The number of hydrogen-bond acceptors (Lipinski definition) is 5. The van der Waals surface area contributed by atoms with Crippen molar-refractivity contribution in [3.8, 4) is 18.1 Å². The van der Waals surface area contributed by atoms with Crippen LogP contribution in [-0.4, -0.2) is 72.4 Å². The summed E-state index contributed by atoms with van der Waals surface area (Å²) < 4.78 is 80.2. The number of piperidine rings is 1. The van der Waals surface area contributed by atoms with Crippen molar-refractivity contribution in [3.63, 3.8) is 0 Å². The highest BCUT2D eigenvalue weighted by Crippen LogP contribution is 2.45. The summed E-state index contributed by atoms with van der Waals surface area (Å²) in [6, 6.07) is 14.2. The molecule has 3 aliphatic rings. The fourth-order valence-corrected chi connectivity index (χ4v) is 7.56. The molecular formula is C36H36F5N3O3. The summed E-state index contributed by atoms with van der Waals surface area (Å²) >= 11 is 0. The first-order valence-corrected chi connectivity index (χ1v) is 15.7. The number of carboxylic acids is 1. The maximum atomic E-state index is 16.2. The predicted octanol–water partition coefficient (Wildman–Crippen LogP) is 6.43. The van der Waals surface area contributed by atoms with Crippen LogP contribution >= 0.6 is 0 Å². The summed E-state index contributed by atoms with van der Waals surface area (Å²) in [7, 11) is 0. The molecule has 0 radical (unpaired) electrons. The van der Waals surface area contributed by atoms with Gasteiger partial charge in [0.1, 0.15) is 24.0 Å². The quantitative estimate of drug-likeness (QED) is 0.224. The number of terminal acetylenes is 1. The Balaban J connectivity index is 1.32. The molecule has 3 aromatic rings. The van der Waals surface area contributed by atoms with Gasteiger partial charge < -0.3 is 14.7 Å². The first-order chi connectivity index (χ1) is 22.4. The summed E-state index contributed by atoms with van der Waals surface area (Å²) in [5.41, 5.74) is 1.43. The van der Waals surface area contributed by atoms with Gasteiger partial charge in [0.25, 0.3) is 0 Å². The summed E-state index contributed by atoms with van der Waals surface area (Å²) in [6.45, 7) is 1.02. The van der Waals surface area contributed by atoms with E-state index >= 15 is 8.78 Å². The Morgan fingerprint density at radius 2 is 1.77 bits per heavy atom. The van der Waals surface area contributed by atoms with Gasteiger partial charge in [-0.2, -0.15) is 13.2 Å². The van der Waals surface area contributed by atoms with Crippen LogP contribution < -0.4 is 9.64 Å². The van der Waals surface area contributed by atoms with Crippen LogP contribution in [0.4, 0.5) is 27.6 Å². The molecule has 1 spiro atoms. The Morgan fingerprint density at radius 3 is 2.45 bits per heavy atom. The van der Waals surface area contributed by atoms with Gasteiger partial charge in [-0.05, 0) is 73.2 Å². The minimum Gasteiger partial charge on any atom is -0.489 e. The van der Waals surface area contributed by atoms with Crippen LogP contribution in [0.15, 0.2) is 60.7 Å². The van der Waals surface area contributed by atoms with Gasteiger partial charge in [-0.15, -0.1) is 6.42 Å². The number of carboxylic acid groups (broad SMARTS) is 1. The molecule has 2 fully saturated rings. The molecule has 11 heteroatoms. The van der Waals surface area contributed by atoms with Crippen molar-refractivity contribution >= 4 is 11.7 Å². The molecule has 3 atom stereocenters. The molecule has 2 saturated heterocycles. The van der Waals surface area contributed by atoms with Crippen LogP contribution in [0.5, 0.6) is 5.75 Å². The van der Waals surface area contributed by atoms with Gasteiger partial charge >= 0.3 is 12.1 Å². The number of hydrogen-bond donors (Lipinski definition) is 1. The second-order valence-electron chi connectivity index (χ2n) is 12.9. The van der Waals surface area contributed by atoms with Gasteiger partial charge in [-0.1, -0.05) is 42.3 Å². The summed E-state index contributed by atoms with van der Waals surface area (Å²) in [4.78, 5) is 16.0. The average Bonchev–Trinajstić information content (AvgIpc) is 3.40. The molecule has 2 unspecified atom stereocenters. The van der Waals surface area contributed by atoms with E-state index in [2.05, 4.69) is 5.92 Å². The van der Waals surface area contributed by atoms with Gasteiger partial charge in [-0.25, -0.2) is 8.78 Å². The van der Waals surface area contributed by atoms with E-state index in [1.165, 1.54) is 12.1 Å². The molecule has 3 aromatic carbocycles. The fourth-order valence-electron chi connectivity index (χ4n) is 7.56. The molecule has 0 bridgehead atoms. The fraction of sp³-hybridized carbons (Fsp3) is 0.417. The highest BCUT2D eigenvalue weighted by Gasteiger charge is 2.45. The number of benzene rings is 3. The van der Waals surface area contributed by atoms with Gasteiger partial charge in [0, 0.05) is 36.3 Å². The Labute approximate surface area is 270 Å². The predicted molar refractivity (Wildman–Crippen MR) is 167 cm³/mol. The maximum Gasteiger partial charge on any atom is 0.401 e. The molecule has 6 nitrogen and oxygen atoms in total. The van der Waals surface area contributed by atoms with Crippen LogP contribution in [0.3, 0.4) is 0 Å². The molecule has 3 aliphatic heterocycles. The summed E-state index contributed by atoms with van der Waals surface area (Å²) in [5.74, 6) is 0.0877. The Morgan fingerprint density at radius 1 is 1.02 bits per heavy atom. The van der Waals surface area contributed by atoms with Crippen molar-refractivity contribution in [1.82, 2.24) is 9.80 Å². The molecule has 248 valence electrons. The van der Waals surface area contributed by atoms with Crippen LogP contribution in [0.25, 0.3) is 0 Å². The molecule has 0 aliphatic carbocycles. The lowest BCUT2D eigenvalue weighted by molar-refractivity contribution is -0.153. The number of rotatable bonds is 8. The highest BCUT2D eigenvalue weighted by molar-refractivity contribution is 5.69. The van der Waals surface area contributed by atoms with Crippen molar-refractivity contribution in [2.45, 2.75) is 50.6 Å². The Bertz CT molecular complexity index is 1640. The van der Waals surface area contributed by atoms with E-state index in [0.717, 1.165) is 29.7 Å². The smallest absolute Gasteiger partial charge is 0.401 e. The molecule has 1 N–H and O–H groups in total. The molecule has 3 heterocycles. The third-order valence-electron chi connectivity index (χ3n) is 9.60. The van der Waals surface area contributed by atoms with Gasteiger partial charge in [0.2, 0.25) is 0 Å². The van der Waals surface area contributed by atoms with E-state index in [-0.39, 0.29) is 25.0 Å². The molecule has 47 heavy (non-hydrogen) atoms. The number of nitrogens with zero attached hydrogens (tertiary/aromatic N) is 3. The third kappa shape index (κ3) is 7.24. The van der Waals surface area contributed by atoms with Crippen molar-refractivity contribution in [2.24, 2.45) is 5.41 Å². The molecule has 0 saturated carbocycles. The lowest BCUT2D eigenvalue weighted by Crippen LogP contribution is -2.48. The largest absolute Gasteiger partial charge is 0.489 e. The number of aliphatic carboxylic acids is 1. The number of ether oxygens (including phenoxy) is 1. The lowest BCUT2D eigenvalue weighted by Gasteiger charge is -2.43. The van der Waals surface area contributed by atoms with Crippen LogP contribution in [0.1, 0.15) is 47.6 Å². The van der Waals surface area contributed by atoms with E-state index in [0.29, 0.717) is 48.7 Å². The van der Waals surface area contributed by atoms with Gasteiger partial charge in [-0.3, -0.25) is 14.6 Å². The molecule has 0 amide bonds. The second kappa shape index (κ2) is 13.2. The SMILES string of the molecule is C#C[C@@H]1Cc2cc(OCc3ccccc3)ccc2C(c2c(F)cc(N3CCCC4(CCN(CC(=O)O)C4)C3)cc2F)N1CC(F)(F)F. The van der Waals surface area contributed by atoms with E-state index in [9.17, 15) is 23.1 Å². The van der Waals surface area contributed by atoms with E-state index in [1.54, 1.807) is 18.2 Å². The summed E-state index contributed by atoms with van der Waals surface area (Å²) in [5, 5.41) is 9.22. The van der Waals surface area contributed by atoms with Crippen molar-refractivity contribution in [1.29, 1.82) is 0 Å². The first-order valence-electron chi connectivity index (χ1n) is 15.7. The van der Waals surface area contributed by atoms with Crippen LogP contribution in [-0.2, 0) is 17.8 Å². The number of anilines is 1. The van der Waals surface area contributed by atoms with E-state index < -0.39 is 48.0 Å². The monoisotopic (exact) mass is 653 g/mol. The standard InChI is InChI=1S/C36H36F5N3O3/c1-2-26-15-25-16-28(47-20-24-7-4-3-5-8-24)9-10-29(25)34(44(26)23-36(39,40)41)33-30(37)17-27(18-31(33)38)43-13-6-11-35(22-43)12-14-42(21-35)19-32(45)46/h1,3-5,7-10,16-18,26,34H,6,11-15,19-23H2,(H,45,46)/t26-,34?,35?/m1/s1. The highest BCUT2D eigenvalue weighted by atomic mass is 19.4. The Kier molecular flexibility index (Phi) is 9.18. The number of fused-ring (bicyclic) bond motifs is 1. The van der Waals surface area contributed by atoms with Crippen molar-refractivity contribution in [3.05, 3.63) is 94.6 Å². The van der Waals surface area contributed by atoms with Gasteiger partial charge in [0.15, 0.2) is 0 Å². The van der Waals surface area contributed by atoms with Gasteiger partial charge in [0.05, 0.1) is 25.2 Å². The lowest BCUT2D eigenvalue weighted by atomic mass is 9.79. The Hall–Kier alpha value is -4.14. The minimum absolute atomic E-state index is 0.0526. The number of likely N-dealkylation sites (tertiary alicyclic amines) is 1. The number of carbonyl (C=O) groups is 1. The van der Waals surface area contributed by atoms with Crippen LogP contribution in [0.2, 0.25) is 0 Å². The van der Waals surface area contributed by atoms with E-state index in [1.807, 2.05) is 40.1 Å². The molecule has 6 rings (SSSR count). The molecular weight excluding hydrogens is 617 g/mol. The van der Waals surface area contributed by atoms with Crippen molar-refractivity contribution < 1.29 is 36.6 Å². The van der Waals surface area contributed by atoms with E-state index in [4.69, 9.17) is 11.2 Å². The normalized spacial score (nSPS) is 23.4. The first kappa shape index (κ1) is 32.8. The zero-order valence-corrected chi connectivity index (χ0v) is 25.8. The molecule has 0 aromatic heterocycles. The number of halogens is 5. The summed E-state index contributed by atoms with van der Waals surface area (Å²) in [6.07, 6.45) is 3.54.